The maximum Gasteiger partial charge on any atom is 0.323 e. The molecule has 60 heavy (non-hydrogen) atoms. The van der Waals surface area contributed by atoms with Gasteiger partial charge in [-0.3, -0.25) is 34.1 Å². The zero-order valence-corrected chi connectivity index (χ0v) is 32.7. The predicted molar refractivity (Wildman–Crippen MR) is 213 cm³/mol. The molecule has 6 rings (SSSR count). The van der Waals surface area contributed by atoms with Crippen LogP contribution in [0.5, 0.6) is 11.5 Å². The van der Waals surface area contributed by atoms with Gasteiger partial charge in [-0.05, 0) is 90.0 Å². The van der Waals surface area contributed by atoms with E-state index in [0.29, 0.717) is 6.07 Å². The zero-order valence-electron chi connectivity index (χ0n) is 29.4. The molecule has 2 aliphatic carbocycles. The minimum absolute atomic E-state index is 0.0250. The topological polar surface area (TPSA) is 388 Å². The molecule has 11 N–H and O–H groups in total. The number of anilines is 4. The molecule has 4 aromatic carbocycles. The van der Waals surface area contributed by atoms with Crippen LogP contribution in [0.1, 0.15) is 31.8 Å². The van der Waals surface area contributed by atoms with Gasteiger partial charge in [0.2, 0.25) is 21.6 Å². The van der Waals surface area contributed by atoms with Crippen LogP contribution < -0.4 is 26.6 Å². The summed E-state index contributed by atoms with van der Waals surface area (Å²) in [7, 11) is -19.3. The Morgan fingerprint density at radius 1 is 0.550 bits per heavy atom. The highest BCUT2D eigenvalue weighted by atomic mass is 32.2. The number of nitrogens with one attached hydrogen (secondary N) is 4. The summed E-state index contributed by atoms with van der Waals surface area (Å²) in [5.74, 6) is -3.43. The molecule has 4 aromatic rings. The smallest absolute Gasteiger partial charge is 0.323 e. The van der Waals surface area contributed by atoms with Crippen molar-refractivity contribution in [3.63, 3.8) is 0 Å². The molecular weight excluding hydrogens is 879 g/mol. The van der Waals surface area contributed by atoms with E-state index in [1.165, 1.54) is 24.3 Å². The lowest BCUT2D eigenvalue weighted by molar-refractivity contribution is 0.105. The Bertz CT molecular complexity index is 3180. The van der Waals surface area contributed by atoms with Crippen LogP contribution in [0, 0.1) is 0 Å². The number of nitrogens with two attached hydrogens (primary N) is 1. The first-order chi connectivity index (χ1) is 27.8. The number of sulfonamides is 1. The molecule has 0 aromatic heterocycles. The molecule has 2 amide bonds. The lowest BCUT2D eigenvalue weighted by Crippen LogP contribution is -2.27. The van der Waals surface area contributed by atoms with Crippen LogP contribution in [0.3, 0.4) is 0 Å². The number of phenolic OH excluding ortho intramolecular Hbond substituents is 2. The van der Waals surface area contributed by atoms with Crippen molar-refractivity contribution in [3.05, 3.63) is 105 Å². The fourth-order valence-corrected chi connectivity index (χ4v) is 7.87. The van der Waals surface area contributed by atoms with Gasteiger partial charge in [0.25, 0.3) is 30.4 Å². The van der Waals surface area contributed by atoms with Gasteiger partial charge in [-0.15, -0.1) is 0 Å². The average Bonchev–Trinajstić information content (AvgIpc) is 3.13. The van der Waals surface area contributed by atoms with Gasteiger partial charge in [0.05, 0.1) is 21.2 Å². The number of Topliss-reactive ketones (excluding diaryl/α,β-unsaturated/α-hetero) is 2. The van der Waals surface area contributed by atoms with E-state index < -0.39 is 106 Å². The van der Waals surface area contributed by atoms with Crippen molar-refractivity contribution >= 4 is 104 Å². The summed E-state index contributed by atoms with van der Waals surface area (Å²) in [5, 5.41) is 37.6. The largest absolute Gasteiger partial charge is 0.506 e. The van der Waals surface area contributed by atoms with E-state index in [9.17, 15) is 67.4 Å². The Hall–Kier alpha value is -6.85. The Morgan fingerprint density at radius 3 is 1.45 bits per heavy atom. The fraction of sp³-hybridized carbons (Fsp3) is 0. The molecule has 0 saturated heterocycles. The zero-order chi connectivity index (χ0) is 44.1. The summed E-state index contributed by atoms with van der Waals surface area (Å²) >= 11 is 0. The Labute approximate surface area is 337 Å². The SMILES string of the molecule is NS(=O)(=O)c1ccc(O)c(NN=C2C(=O)c3ccc(NC(=O)Nc4ccc5c(c4)C=C(S(=O)(=O)O)C(=NNc4ccc(S(=O)(=O)O)cc4O)C5=O)cc3C=C2S(=O)(=O)O)c1. The van der Waals surface area contributed by atoms with Crippen molar-refractivity contribution in [1.82, 2.24) is 0 Å². The highest BCUT2D eigenvalue weighted by Crippen LogP contribution is 2.32. The number of aromatic hydroxyl groups is 2. The number of carbonyl (C=O) groups is 3. The number of fused-ring (bicyclic) bond motifs is 2. The second kappa shape index (κ2) is 15.4. The van der Waals surface area contributed by atoms with Crippen molar-refractivity contribution in [2.75, 3.05) is 21.5 Å². The van der Waals surface area contributed by atoms with Gasteiger partial charge in [-0.25, -0.2) is 18.4 Å². The third-order valence-electron chi connectivity index (χ3n) is 8.27. The maximum atomic E-state index is 13.4. The monoisotopic (exact) mass is 903 g/mol. The Balaban J connectivity index is 1.22. The summed E-state index contributed by atoms with van der Waals surface area (Å²) in [5.41, 5.74) is 1.35. The van der Waals surface area contributed by atoms with Gasteiger partial charge in [0.15, 0.2) is 11.4 Å². The molecule has 0 bridgehead atoms. The lowest BCUT2D eigenvalue weighted by Gasteiger charge is -2.18. The first-order valence-electron chi connectivity index (χ1n) is 16.0. The number of urea groups is 1. The van der Waals surface area contributed by atoms with Crippen molar-refractivity contribution < 1.29 is 71.9 Å². The number of amides is 2. The summed E-state index contributed by atoms with van der Waals surface area (Å²) < 4.78 is 124. The number of nitrogens with zero attached hydrogens (tertiary/aromatic N) is 2. The molecule has 0 atom stereocenters. The maximum absolute atomic E-state index is 13.4. The summed E-state index contributed by atoms with van der Waals surface area (Å²) in [6.45, 7) is 0. The van der Waals surface area contributed by atoms with Gasteiger partial charge < -0.3 is 20.8 Å². The summed E-state index contributed by atoms with van der Waals surface area (Å²) in [6, 6.07) is 11.4. The van der Waals surface area contributed by atoms with Crippen LogP contribution in [0.4, 0.5) is 27.5 Å². The van der Waals surface area contributed by atoms with Crippen LogP contribution in [0.15, 0.2) is 103 Å². The van der Waals surface area contributed by atoms with Gasteiger partial charge in [-0.2, -0.15) is 35.5 Å². The molecule has 0 unspecified atom stereocenters. The third-order valence-corrected chi connectivity index (χ3v) is 11.8. The average molecular weight is 904 g/mol. The molecule has 0 spiro atoms. The Morgan fingerprint density at radius 2 is 1.02 bits per heavy atom. The second-order valence-corrected chi connectivity index (χ2v) is 18.1. The van der Waals surface area contributed by atoms with Gasteiger partial charge in [0, 0.05) is 28.6 Å². The normalized spacial score (nSPS) is 15.7. The van der Waals surface area contributed by atoms with Crippen LogP contribution in [0.25, 0.3) is 12.2 Å². The first-order valence-corrected chi connectivity index (χ1v) is 21.9. The van der Waals surface area contributed by atoms with Crippen LogP contribution in [-0.2, 0) is 40.4 Å². The summed E-state index contributed by atoms with van der Waals surface area (Å²) in [4.78, 5) is 36.6. The van der Waals surface area contributed by atoms with E-state index in [2.05, 4.69) is 31.7 Å². The highest BCUT2D eigenvalue weighted by Gasteiger charge is 2.35. The van der Waals surface area contributed by atoms with Gasteiger partial charge in [-0.1, -0.05) is 0 Å². The van der Waals surface area contributed by atoms with Crippen molar-refractivity contribution in [2.24, 2.45) is 15.3 Å². The number of hydrazone groups is 2. The molecule has 0 aliphatic heterocycles. The minimum atomic E-state index is -5.16. The number of carbonyl (C=O) groups excluding carboxylic acids is 3. The molecule has 0 saturated carbocycles. The molecule has 312 valence electrons. The van der Waals surface area contributed by atoms with E-state index in [0.717, 1.165) is 54.6 Å². The minimum Gasteiger partial charge on any atom is -0.506 e. The standard InChI is InChI=1S/C33H25N7O16S4/c34-57(46,47)19-4-8-25(41)24(13-19)38-40-30-28(60(54,55)56)12-16-10-18(2-6-22(16)32(30)44)36-33(45)35-17-1-5-21-15(9-17)11-27(59(51,52)53)29(31(21)43)39-37-23-7-3-20(14-26(23)42)58(48,49)50/h1-14,37-38,41-42H,(H2,34,46,47)(H2,35,36,45)(H,48,49,50)(H,51,52,53)(H,54,55,56). The number of benzene rings is 4. The van der Waals surface area contributed by atoms with Gasteiger partial charge in [0.1, 0.15) is 21.3 Å². The van der Waals surface area contributed by atoms with Crippen molar-refractivity contribution in [3.8, 4) is 11.5 Å². The van der Waals surface area contributed by atoms with E-state index in [4.69, 9.17) is 9.69 Å². The molecule has 23 nitrogen and oxygen atoms in total. The fourth-order valence-electron chi connectivity index (χ4n) is 5.51. The number of rotatable bonds is 10. The molecule has 2 aliphatic rings. The quantitative estimate of drug-likeness (QED) is 0.0620. The first kappa shape index (κ1) is 42.7. The molecule has 0 fully saturated rings. The second-order valence-electron chi connectivity index (χ2n) is 12.3. The van der Waals surface area contributed by atoms with Gasteiger partial charge >= 0.3 is 6.03 Å². The molecular formula is C33H25N7O16S4. The van der Waals surface area contributed by atoms with E-state index >= 15 is 0 Å². The lowest BCUT2D eigenvalue weighted by atomic mass is 9.94. The molecule has 0 radical (unpaired) electrons. The number of primary sulfonamides is 1. The van der Waals surface area contributed by atoms with Crippen molar-refractivity contribution in [1.29, 1.82) is 0 Å². The van der Waals surface area contributed by atoms with Crippen LogP contribution in [-0.4, -0.2) is 86.6 Å². The summed E-state index contributed by atoms with van der Waals surface area (Å²) in [6.07, 6.45) is 1.71. The predicted octanol–water partition coefficient (Wildman–Crippen LogP) is 2.42. The van der Waals surface area contributed by atoms with Crippen molar-refractivity contribution in [2.45, 2.75) is 9.79 Å². The number of hydrogen-bond donors (Lipinski definition) is 10. The van der Waals surface area contributed by atoms with E-state index in [-0.39, 0.29) is 39.3 Å². The number of phenols is 2. The molecule has 0 heterocycles. The molecule has 27 heteroatoms. The Kier molecular flexibility index (Phi) is 11.0. The third kappa shape index (κ3) is 9.06. The number of hydrogen-bond acceptors (Lipinski definition) is 17. The number of allylic oxidation sites excluding steroid dienone is 2. The van der Waals surface area contributed by atoms with Crippen LogP contribution in [0.2, 0.25) is 0 Å². The number of ketones is 2. The highest BCUT2D eigenvalue weighted by molar-refractivity contribution is 7.91. The van der Waals surface area contributed by atoms with E-state index in [1.54, 1.807) is 0 Å². The van der Waals surface area contributed by atoms with E-state index in [1.807, 2.05) is 0 Å². The van der Waals surface area contributed by atoms with Crippen LogP contribution >= 0.6 is 0 Å².